The Balaban J connectivity index is 2.92. The van der Waals surface area contributed by atoms with E-state index in [1.807, 2.05) is 0 Å². The zero-order valence-electron chi connectivity index (χ0n) is 7.38. The van der Waals surface area contributed by atoms with Gasteiger partial charge in [-0.2, -0.15) is 0 Å². The number of alkyl halides is 1. The van der Waals surface area contributed by atoms with Gasteiger partial charge in [-0.1, -0.05) is 39.1 Å². The van der Waals surface area contributed by atoms with Crippen molar-refractivity contribution in [3.63, 3.8) is 0 Å². The fraction of sp³-hybridized carbons (Fsp3) is 0.222. The first kappa shape index (κ1) is 12.6. The second-order valence-electron chi connectivity index (χ2n) is 2.92. The number of carbonyl (C=O) groups is 1. The molecule has 3 nitrogen and oxygen atoms in total. The molecule has 0 unspecified atom stereocenters. The van der Waals surface area contributed by atoms with E-state index in [4.69, 9.17) is 28.3 Å². The molecule has 1 aromatic rings. The quantitative estimate of drug-likeness (QED) is 0.843. The van der Waals surface area contributed by atoms with Crippen molar-refractivity contribution in [1.82, 2.24) is 0 Å². The molecule has 0 aliphatic heterocycles. The summed E-state index contributed by atoms with van der Waals surface area (Å²) in [4.78, 5) is 9.88. The average molecular weight is 314 g/mol. The van der Waals surface area contributed by atoms with Gasteiger partial charge < -0.3 is 10.2 Å². The molecule has 2 N–H and O–H groups in total. The molecule has 0 saturated heterocycles. The number of benzene rings is 1. The lowest BCUT2D eigenvalue weighted by Gasteiger charge is -2.07. The first-order valence-electron chi connectivity index (χ1n) is 3.95. The minimum absolute atomic E-state index is 0.114. The zero-order valence-corrected chi connectivity index (χ0v) is 10.5. The highest BCUT2D eigenvalue weighted by Crippen LogP contribution is 2.33. The fourth-order valence-electron chi connectivity index (χ4n) is 1.03. The third-order valence-corrected chi connectivity index (χ3v) is 3.05. The van der Waals surface area contributed by atoms with Crippen LogP contribution in [-0.4, -0.2) is 21.0 Å². The predicted molar refractivity (Wildman–Crippen MR) is 62.2 cm³/mol. The summed E-state index contributed by atoms with van der Waals surface area (Å²) in [6, 6.07) is 2.97. The van der Waals surface area contributed by atoms with Crippen LogP contribution in [0.25, 0.3) is 0 Å². The molecule has 0 aliphatic rings. The summed E-state index contributed by atoms with van der Waals surface area (Å²) >= 11 is 14.4. The van der Waals surface area contributed by atoms with E-state index >= 15 is 0 Å². The number of aromatic hydroxyl groups is 1. The maximum atomic E-state index is 10.6. The second-order valence-corrected chi connectivity index (χ2v) is 4.84. The Morgan fingerprint density at radius 3 is 2.27 bits per heavy atom. The lowest BCUT2D eigenvalue weighted by Crippen LogP contribution is -2.15. The van der Waals surface area contributed by atoms with Gasteiger partial charge in [0.15, 0.2) is 5.75 Å². The summed E-state index contributed by atoms with van der Waals surface area (Å²) in [5.74, 6) is -1.15. The van der Waals surface area contributed by atoms with Crippen molar-refractivity contribution in [1.29, 1.82) is 0 Å². The monoisotopic (exact) mass is 312 g/mol. The molecule has 0 saturated carbocycles. The van der Waals surface area contributed by atoms with Gasteiger partial charge in [0, 0.05) is 0 Å². The minimum Gasteiger partial charge on any atom is -0.505 e. The molecule has 0 heterocycles. The maximum absolute atomic E-state index is 10.6. The van der Waals surface area contributed by atoms with Crippen molar-refractivity contribution in [2.24, 2.45) is 0 Å². The molecule has 1 aromatic carbocycles. The molecule has 0 aromatic heterocycles. The first-order chi connectivity index (χ1) is 6.91. The van der Waals surface area contributed by atoms with Gasteiger partial charge in [0.2, 0.25) is 0 Å². The maximum Gasteiger partial charge on any atom is 0.317 e. The van der Waals surface area contributed by atoms with Crippen LogP contribution in [0.3, 0.4) is 0 Å². The molecule has 0 spiro atoms. The fourth-order valence-corrected chi connectivity index (χ4v) is 1.94. The molecular weight excluding hydrogens is 307 g/mol. The van der Waals surface area contributed by atoms with Crippen molar-refractivity contribution >= 4 is 45.1 Å². The Morgan fingerprint density at radius 1 is 1.40 bits per heavy atom. The molecule has 15 heavy (non-hydrogen) atoms. The summed E-state index contributed by atoms with van der Waals surface area (Å²) in [7, 11) is 0. The Kier molecular flexibility index (Phi) is 4.25. The molecule has 6 heteroatoms. The van der Waals surface area contributed by atoms with Crippen molar-refractivity contribution in [2.75, 3.05) is 0 Å². The number of phenolic OH excluding ortho intramolecular Hbond substituents is 1. The van der Waals surface area contributed by atoms with E-state index in [9.17, 15) is 9.90 Å². The van der Waals surface area contributed by atoms with Crippen LogP contribution < -0.4 is 0 Å². The summed E-state index contributed by atoms with van der Waals surface area (Å²) in [6.07, 6.45) is 0.245. The number of hydrogen-bond donors (Lipinski definition) is 2. The molecule has 0 fully saturated rings. The zero-order chi connectivity index (χ0) is 11.6. The van der Waals surface area contributed by atoms with Crippen LogP contribution in [-0.2, 0) is 11.2 Å². The number of carboxylic acid groups (broad SMARTS) is 1. The van der Waals surface area contributed by atoms with Crippen molar-refractivity contribution in [3.8, 4) is 5.75 Å². The van der Waals surface area contributed by atoms with Gasteiger partial charge in [-0.25, -0.2) is 0 Å². The molecule has 82 valence electrons. The average Bonchev–Trinajstić information content (AvgIpc) is 2.13. The van der Waals surface area contributed by atoms with E-state index in [0.29, 0.717) is 5.56 Å². The molecule has 0 radical (unpaired) electrons. The minimum atomic E-state index is -0.963. The summed E-state index contributed by atoms with van der Waals surface area (Å²) in [5.41, 5.74) is 0.645. The Morgan fingerprint density at radius 2 is 1.87 bits per heavy atom. The van der Waals surface area contributed by atoms with Gasteiger partial charge in [-0.15, -0.1) is 0 Å². The van der Waals surface area contributed by atoms with Crippen LogP contribution in [0.1, 0.15) is 5.56 Å². The van der Waals surface area contributed by atoms with Crippen LogP contribution >= 0.6 is 39.1 Å². The van der Waals surface area contributed by atoms with Gasteiger partial charge in [0.25, 0.3) is 0 Å². The smallest absolute Gasteiger partial charge is 0.317 e. The molecule has 0 amide bonds. The van der Waals surface area contributed by atoms with E-state index in [2.05, 4.69) is 15.9 Å². The summed E-state index contributed by atoms with van der Waals surface area (Å²) in [5, 5.41) is 18.2. The lowest BCUT2D eigenvalue weighted by molar-refractivity contribution is -0.136. The predicted octanol–water partition coefficient (Wildman–Crippen LogP) is 3.09. The van der Waals surface area contributed by atoms with Crippen LogP contribution in [0.5, 0.6) is 5.75 Å². The van der Waals surface area contributed by atoms with E-state index in [1.54, 1.807) is 0 Å². The summed E-state index contributed by atoms with van der Waals surface area (Å²) < 4.78 is 0. The Labute approximate surface area is 105 Å². The number of carboxylic acids is 1. The second kappa shape index (κ2) is 5.05. The van der Waals surface area contributed by atoms with E-state index in [-0.39, 0.29) is 22.2 Å². The topological polar surface area (TPSA) is 57.5 Å². The molecule has 1 rings (SSSR count). The largest absolute Gasteiger partial charge is 0.505 e. The SMILES string of the molecule is O=C(O)[C@H](Br)Cc1cc(Cl)c(O)c(Cl)c1. The van der Waals surface area contributed by atoms with E-state index in [0.717, 1.165) is 0 Å². The third kappa shape index (κ3) is 3.26. The van der Waals surface area contributed by atoms with E-state index < -0.39 is 10.8 Å². The van der Waals surface area contributed by atoms with Crippen LogP contribution in [0.15, 0.2) is 12.1 Å². The third-order valence-electron chi connectivity index (χ3n) is 1.76. The summed E-state index contributed by atoms with van der Waals surface area (Å²) in [6.45, 7) is 0. The highest BCUT2D eigenvalue weighted by molar-refractivity contribution is 9.10. The first-order valence-corrected chi connectivity index (χ1v) is 5.62. The highest BCUT2D eigenvalue weighted by Gasteiger charge is 2.15. The van der Waals surface area contributed by atoms with Crippen LogP contribution in [0.4, 0.5) is 0 Å². The number of rotatable bonds is 3. The number of halogens is 3. The highest BCUT2D eigenvalue weighted by atomic mass is 79.9. The number of aliphatic carboxylic acids is 1. The molecule has 1 atom stereocenters. The van der Waals surface area contributed by atoms with Gasteiger partial charge in [-0.05, 0) is 24.1 Å². The Bertz CT molecular complexity index is 372. The van der Waals surface area contributed by atoms with Crippen LogP contribution in [0, 0.1) is 0 Å². The van der Waals surface area contributed by atoms with Crippen molar-refractivity contribution < 1.29 is 15.0 Å². The normalized spacial score (nSPS) is 12.5. The molecule has 0 bridgehead atoms. The van der Waals surface area contributed by atoms with Crippen LogP contribution in [0.2, 0.25) is 10.0 Å². The number of hydrogen-bond acceptors (Lipinski definition) is 2. The molecule has 0 aliphatic carbocycles. The van der Waals surface area contributed by atoms with Gasteiger partial charge in [0.05, 0.1) is 10.0 Å². The van der Waals surface area contributed by atoms with Gasteiger partial charge in [-0.3, -0.25) is 4.79 Å². The van der Waals surface area contributed by atoms with Crippen molar-refractivity contribution in [2.45, 2.75) is 11.2 Å². The lowest BCUT2D eigenvalue weighted by atomic mass is 10.1. The Hall–Kier alpha value is -0.450. The van der Waals surface area contributed by atoms with E-state index in [1.165, 1.54) is 12.1 Å². The number of phenols is 1. The van der Waals surface area contributed by atoms with Crippen molar-refractivity contribution in [3.05, 3.63) is 27.7 Å². The molecular formula is C9H7BrCl2O3. The standard InChI is InChI=1S/C9H7BrCl2O3/c10-5(9(14)15)1-4-2-6(11)8(13)7(12)3-4/h2-3,5,13H,1H2,(H,14,15)/t5-/m1/s1. The van der Waals surface area contributed by atoms with Gasteiger partial charge >= 0.3 is 5.97 Å². The van der Waals surface area contributed by atoms with Gasteiger partial charge in [0.1, 0.15) is 4.83 Å².